The predicted molar refractivity (Wildman–Crippen MR) is 63.6 cm³/mol. The van der Waals surface area contributed by atoms with Crippen molar-refractivity contribution in [2.45, 2.75) is 39.8 Å². The highest BCUT2D eigenvalue weighted by Crippen LogP contribution is 2.12. The zero-order valence-corrected chi connectivity index (χ0v) is 10.4. The molecule has 1 N–H and O–H groups in total. The first kappa shape index (κ1) is 11.3. The molecular formula is C11H19N5. The van der Waals surface area contributed by atoms with Crippen molar-refractivity contribution < 1.29 is 0 Å². The van der Waals surface area contributed by atoms with E-state index >= 15 is 0 Å². The van der Waals surface area contributed by atoms with E-state index in [0.29, 0.717) is 12.1 Å². The lowest BCUT2D eigenvalue weighted by Crippen LogP contribution is -2.54. The van der Waals surface area contributed by atoms with Crippen LogP contribution in [0.2, 0.25) is 0 Å². The Kier molecular flexibility index (Phi) is 3.05. The third-order valence-corrected chi connectivity index (χ3v) is 2.92. The first-order valence-electron chi connectivity index (χ1n) is 5.75. The van der Waals surface area contributed by atoms with Crippen LogP contribution in [0, 0.1) is 13.8 Å². The number of aryl methyl sites for hydroxylation is 2. The van der Waals surface area contributed by atoms with Crippen LogP contribution >= 0.6 is 0 Å². The standard InChI is InChI=1S/C11H19N5/c1-7-5-16(6-8(2)12-7)11-13-9(3)10(4)14-15-11/h7-8,12H,5-6H2,1-4H3. The van der Waals surface area contributed by atoms with Gasteiger partial charge in [0.1, 0.15) is 0 Å². The van der Waals surface area contributed by atoms with Crippen molar-refractivity contribution in [1.82, 2.24) is 20.5 Å². The van der Waals surface area contributed by atoms with Gasteiger partial charge in [-0.15, -0.1) is 5.10 Å². The Hall–Kier alpha value is -1.23. The van der Waals surface area contributed by atoms with E-state index in [1.807, 2.05) is 13.8 Å². The highest BCUT2D eigenvalue weighted by molar-refractivity contribution is 5.31. The van der Waals surface area contributed by atoms with Crippen molar-refractivity contribution in [3.8, 4) is 0 Å². The summed E-state index contributed by atoms with van der Waals surface area (Å²) in [4.78, 5) is 6.69. The Morgan fingerprint density at radius 2 is 1.69 bits per heavy atom. The van der Waals surface area contributed by atoms with Crippen LogP contribution in [-0.2, 0) is 0 Å². The number of hydrogen-bond donors (Lipinski definition) is 1. The van der Waals surface area contributed by atoms with Gasteiger partial charge in [0.2, 0.25) is 5.95 Å². The molecule has 0 amide bonds. The van der Waals surface area contributed by atoms with Crippen LogP contribution < -0.4 is 10.2 Å². The van der Waals surface area contributed by atoms with Crippen LogP contribution in [0.5, 0.6) is 0 Å². The SMILES string of the molecule is Cc1nnc(N2CC(C)NC(C)C2)nc1C. The summed E-state index contributed by atoms with van der Waals surface area (Å²) in [5, 5.41) is 11.8. The van der Waals surface area contributed by atoms with Gasteiger partial charge in [-0.05, 0) is 27.7 Å². The zero-order chi connectivity index (χ0) is 11.7. The summed E-state index contributed by atoms with van der Waals surface area (Å²) in [6.45, 7) is 10.1. The maximum absolute atomic E-state index is 4.49. The van der Waals surface area contributed by atoms with Crippen LogP contribution in [0.25, 0.3) is 0 Å². The summed E-state index contributed by atoms with van der Waals surface area (Å²) in [7, 11) is 0. The van der Waals surface area contributed by atoms with Gasteiger partial charge in [0.05, 0.1) is 11.4 Å². The molecular weight excluding hydrogens is 202 g/mol. The predicted octanol–water partition coefficient (Wildman–Crippen LogP) is 0.675. The van der Waals surface area contributed by atoms with Crippen molar-refractivity contribution in [3.05, 3.63) is 11.4 Å². The quantitative estimate of drug-likeness (QED) is 0.755. The molecule has 5 nitrogen and oxygen atoms in total. The van der Waals surface area contributed by atoms with Gasteiger partial charge in [0.15, 0.2) is 0 Å². The Bertz CT molecular complexity index is 369. The van der Waals surface area contributed by atoms with Crippen LogP contribution in [-0.4, -0.2) is 40.4 Å². The zero-order valence-electron chi connectivity index (χ0n) is 10.4. The van der Waals surface area contributed by atoms with E-state index < -0.39 is 0 Å². The summed E-state index contributed by atoms with van der Waals surface area (Å²) in [6.07, 6.45) is 0. The number of nitrogens with zero attached hydrogens (tertiary/aromatic N) is 4. The average Bonchev–Trinajstić information content (AvgIpc) is 2.20. The van der Waals surface area contributed by atoms with Crippen molar-refractivity contribution in [2.75, 3.05) is 18.0 Å². The number of hydrogen-bond acceptors (Lipinski definition) is 5. The Morgan fingerprint density at radius 1 is 1.06 bits per heavy atom. The Balaban J connectivity index is 2.19. The second kappa shape index (κ2) is 4.33. The van der Waals surface area contributed by atoms with Gasteiger partial charge in [-0.1, -0.05) is 0 Å². The molecule has 1 aliphatic rings. The summed E-state index contributed by atoms with van der Waals surface area (Å²) in [5.74, 6) is 0.753. The number of aromatic nitrogens is 3. The largest absolute Gasteiger partial charge is 0.336 e. The molecule has 1 aliphatic heterocycles. The van der Waals surface area contributed by atoms with Crippen LogP contribution in [0.15, 0.2) is 0 Å². The maximum atomic E-state index is 4.49. The van der Waals surface area contributed by atoms with Gasteiger partial charge in [0, 0.05) is 25.2 Å². The highest BCUT2D eigenvalue weighted by atomic mass is 15.3. The molecule has 1 fully saturated rings. The van der Waals surface area contributed by atoms with Gasteiger partial charge >= 0.3 is 0 Å². The molecule has 2 heterocycles. The molecule has 2 rings (SSSR count). The normalized spacial score (nSPS) is 25.9. The monoisotopic (exact) mass is 221 g/mol. The lowest BCUT2D eigenvalue weighted by Gasteiger charge is -2.35. The first-order chi connectivity index (χ1) is 7.56. The lowest BCUT2D eigenvalue weighted by atomic mass is 10.1. The van der Waals surface area contributed by atoms with Gasteiger partial charge in [-0.25, -0.2) is 4.98 Å². The average molecular weight is 221 g/mol. The van der Waals surface area contributed by atoms with E-state index in [2.05, 4.69) is 39.2 Å². The fraction of sp³-hybridized carbons (Fsp3) is 0.727. The molecule has 1 aromatic rings. The third-order valence-electron chi connectivity index (χ3n) is 2.92. The molecule has 0 aliphatic carbocycles. The fourth-order valence-electron chi connectivity index (χ4n) is 2.07. The second-order valence-electron chi connectivity index (χ2n) is 4.66. The minimum atomic E-state index is 0.467. The van der Waals surface area contributed by atoms with E-state index in [1.54, 1.807) is 0 Å². The van der Waals surface area contributed by atoms with E-state index in [0.717, 1.165) is 30.4 Å². The first-order valence-corrected chi connectivity index (χ1v) is 5.75. The van der Waals surface area contributed by atoms with Crippen LogP contribution in [0.3, 0.4) is 0 Å². The Labute approximate surface area is 96.3 Å². The van der Waals surface area contributed by atoms with Gasteiger partial charge < -0.3 is 10.2 Å². The summed E-state index contributed by atoms with van der Waals surface area (Å²) >= 11 is 0. The topological polar surface area (TPSA) is 53.9 Å². The molecule has 1 saturated heterocycles. The molecule has 88 valence electrons. The molecule has 0 saturated carbocycles. The second-order valence-corrected chi connectivity index (χ2v) is 4.66. The molecule has 0 aromatic carbocycles. The van der Waals surface area contributed by atoms with Gasteiger partial charge in [0.25, 0.3) is 0 Å². The van der Waals surface area contributed by atoms with E-state index in [-0.39, 0.29) is 0 Å². The molecule has 5 heteroatoms. The minimum Gasteiger partial charge on any atom is -0.336 e. The molecule has 16 heavy (non-hydrogen) atoms. The molecule has 2 atom stereocenters. The van der Waals surface area contributed by atoms with Crippen LogP contribution in [0.1, 0.15) is 25.2 Å². The Morgan fingerprint density at radius 3 is 2.25 bits per heavy atom. The van der Waals surface area contributed by atoms with Crippen molar-refractivity contribution in [3.63, 3.8) is 0 Å². The molecule has 2 unspecified atom stereocenters. The molecule has 1 aromatic heterocycles. The van der Waals surface area contributed by atoms with Crippen LogP contribution in [0.4, 0.5) is 5.95 Å². The minimum absolute atomic E-state index is 0.467. The third kappa shape index (κ3) is 2.29. The smallest absolute Gasteiger partial charge is 0.245 e. The highest BCUT2D eigenvalue weighted by Gasteiger charge is 2.23. The maximum Gasteiger partial charge on any atom is 0.245 e. The summed E-state index contributed by atoms with van der Waals surface area (Å²) < 4.78 is 0. The van der Waals surface area contributed by atoms with Crippen molar-refractivity contribution in [2.24, 2.45) is 0 Å². The van der Waals surface area contributed by atoms with E-state index in [4.69, 9.17) is 0 Å². The van der Waals surface area contributed by atoms with Crippen molar-refractivity contribution in [1.29, 1.82) is 0 Å². The number of anilines is 1. The molecule has 0 radical (unpaired) electrons. The van der Waals surface area contributed by atoms with Gasteiger partial charge in [-0.3, -0.25) is 0 Å². The molecule has 0 spiro atoms. The summed E-state index contributed by atoms with van der Waals surface area (Å²) in [5.41, 5.74) is 1.86. The van der Waals surface area contributed by atoms with Gasteiger partial charge in [-0.2, -0.15) is 5.10 Å². The van der Waals surface area contributed by atoms with Crippen molar-refractivity contribution >= 4 is 5.95 Å². The lowest BCUT2D eigenvalue weighted by molar-refractivity contribution is 0.402. The summed E-state index contributed by atoms with van der Waals surface area (Å²) in [6, 6.07) is 0.933. The number of rotatable bonds is 1. The van der Waals surface area contributed by atoms with E-state index in [9.17, 15) is 0 Å². The number of piperazine rings is 1. The van der Waals surface area contributed by atoms with E-state index in [1.165, 1.54) is 0 Å². The fourth-order valence-corrected chi connectivity index (χ4v) is 2.07. The number of nitrogens with one attached hydrogen (secondary N) is 1. The molecule has 0 bridgehead atoms.